The predicted molar refractivity (Wildman–Crippen MR) is 92.7 cm³/mol. The molecular weight excluding hydrogens is 336 g/mol. The summed E-state index contributed by atoms with van der Waals surface area (Å²) in [6.45, 7) is 0. The first kappa shape index (κ1) is 13.6. The summed E-state index contributed by atoms with van der Waals surface area (Å²) in [7, 11) is 1.66. The van der Waals surface area contributed by atoms with Crippen LogP contribution in [0, 0.1) is 0 Å². The number of hydrogen-bond donors (Lipinski definition) is 1. The summed E-state index contributed by atoms with van der Waals surface area (Å²) < 4.78 is 6.31. The Hall–Kier alpha value is -2.03. The molecule has 3 aromatic heterocycles. The normalized spacial score (nSPS) is 11.0. The van der Waals surface area contributed by atoms with Crippen molar-refractivity contribution < 1.29 is 4.74 Å². The SMILES string of the molecule is COc1ccc2nc(Nc3nnc(-c4cccs4)s3)sc2c1. The molecule has 0 amide bonds. The van der Waals surface area contributed by atoms with E-state index < -0.39 is 0 Å². The average Bonchev–Trinajstić information content (AvgIpc) is 3.26. The topological polar surface area (TPSA) is 59.9 Å². The minimum absolute atomic E-state index is 0.745. The number of hydrogen-bond acceptors (Lipinski definition) is 8. The number of anilines is 2. The highest BCUT2D eigenvalue weighted by atomic mass is 32.1. The third-order valence-electron chi connectivity index (χ3n) is 2.97. The average molecular weight is 346 g/mol. The van der Waals surface area contributed by atoms with Crippen LogP contribution < -0.4 is 10.1 Å². The summed E-state index contributed by atoms with van der Waals surface area (Å²) in [5.74, 6) is 0.832. The van der Waals surface area contributed by atoms with Crippen LogP contribution in [0.4, 0.5) is 10.3 Å². The van der Waals surface area contributed by atoms with Crippen LogP contribution in [0.15, 0.2) is 35.7 Å². The fourth-order valence-electron chi connectivity index (χ4n) is 1.95. The van der Waals surface area contributed by atoms with Crippen LogP contribution in [0.3, 0.4) is 0 Å². The Bertz CT molecular complexity index is 913. The van der Waals surface area contributed by atoms with Crippen molar-refractivity contribution in [1.82, 2.24) is 15.2 Å². The van der Waals surface area contributed by atoms with Crippen molar-refractivity contribution >= 4 is 54.5 Å². The van der Waals surface area contributed by atoms with Gasteiger partial charge in [0.25, 0.3) is 0 Å². The lowest BCUT2D eigenvalue weighted by Crippen LogP contribution is -1.87. The van der Waals surface area contributed by atoms with Gasteiger partial charge in [0.15, 0.2) is 10.1 Å². The lowest BCUT2D eigenvalue weighted by atomic mass is 10.3. The van der Waals surface area contributed by atoms with E-state index >= 15 is 0 Å². The van der Waals surface area contributed by atoms with Gasteiger partial charge in [-0.3, -0.25) is 0 Å². The van der Waals surface area contributed by atoms with Gasteiger partial charge in [-0.2, -0.15) is 0 Å². The maximum Gasteiger partial charge on any atom is 0.212 e. The molecule has 3 heterocycles. The quantitative estimate of drug-likeness (QED) is 0.584. The molecule has 0 unspecified atom stereocenters. The van der Waals surface area contributed by atoms with Crippen LogP contribution in [0.25, 0.3) is 20.1 Å². The number of aromatic nitrogens is 3. The second kappa shape index (κ2) is 5.64. The van der Waals surface area contributed by atoms with Gasteiger partial charge in [0, 0.05) is 0 Å². The molecule has 0 fully saturated rings. The summed E-state index contributed by atoms with van der Waals surface area (Å²) in [5.41, 5.74) is 0.941. The van der Waals surface area contributed by atoms with E-state index in [0.29, 0.717) is 0 Å². The monoisotopic (exact) mass is 346 g/mol. The van der Waals surface area contributed by atoms with E-state index in [1.807, 2.05) is 35.7 Å². The molecule has 0 atom stereocenters. The number of methoxy groups -OCH3 is 1. The molecule has 0 saturated carbocycles. The second-order valence-corrected chi connectivity index (χ2v) is 7.32. The Balaban J connectivity index is 1.60. The Morgan fingerprint density at radius 1 is 1.09 bits per heavy atom. The number of thiazole rings is 1. The van der Waals surface area contributed by atoms with Crippen LogP contribution in [-0.4, -0.2) is 22.3 Å². The second-order valence-electron chi connectivity index (χ2n) is 4.37. The van der Waals surface area contributed by atoms with E-state index in [4.69, 9.17) is 4.74 Å². The highest BCUT2D eigenvalue weighted by molar-refractivity contribution is 7.24. The van der Waals surface area contributed by atoms with Gasteiger partial charge in [-0.05, 0) is 29.6 Å². The lowest BCUT2D eigenvalue weighted by Gasteiger charge is -1.96. The first-order chi connectivity index (χ1) is 10.8. The highest BCUT2D eigenvalue weighted by Crippen LogP contribution is 2.34. The van der Waals surface area contributed by atoms with Gasteiger partial charge in [0.1, 0.15) is 5.75 Å². The van der Waals surface area contributed by atoms with Gasteiger partial charge in [0.2, 0.25) is 5.13 Å². The highest BCUT2D eigenvalue weighted by Gasteiger charge is 2.10. The molecule has 110 valence electrons. The number of rotatable bonds is 4. The number of thiophene rings is 1. The zero-order valence-corrected chi connectivity index (χ0v) is 13.9. The standard InChI is InChI=1S/C14H10N4OS3/c1-19-8-4-5-9-11(7-8)21-13(15-9)16-14-18-17-12(22-14)10-3-2-6-20-10/h2-7H,1H3,(H,15,16,18). The summed E-state index contributed by atoms with van der Waals surface area (Å²) in [5, 5.41) is 16.1. The Morgan fingerprint density at radius 3 is 2.86 bits per heavy atom. The van der Waals surface area contributed by atoms with Crippen molar-refractivity contribution in [2.24, 2.45) is 0 Å². The third kappa shape index (κ3) is 2.56. The van der Waals surface area contributed by atoms with Crippen molar-refractivity contribution in [2.75, 3.05) is 12.4 Å². The molecule has 0 aliphatic heterocycles. The molecule has 0 aliphatic rings. The molecule has 1 N–H and O–H groups in total. The van der Waals surface area contributed by atoms with Crippen LogP contribution in [0.2, 0.25) is 0 Å². The number of fused-ring (bicyclic) bond motifs is 1. The zero-order valence-electron chi connectivity index (χ0n) is 11.4. The van der Waals surface area contributed by atoms with Gasteiger partial charge >= 0.3 is 0 Å². The van der Waals surface area contributed by atoms with E-state index in [9.17, 15) is 0 Å². The molecule has 0 aliphatic carbocycles. The Morgan fingerprint density at radius 2 is 2.05 bits per heavy atom. The van der Waals surface area contributed by atoms with E-state index in [2.05, 4.69) is 20.5 Å². The van der Waals surface area contributed by atoms with Crippen molar-refractivity contribution in [3.8, 4) is 15.6 Å². The van der Waals surface area contributed by atoms with Crippen molar-refractivity contribution in [3.63, 3.8) is 0 Å². The van der Waals surface area contributed by atoms with Crippen LogP contribution in [-0.2, 0) is 0 Å². The van der Waals surface area contributed by atoms with Crippen molar-refractivity contribution in [2.45, 2.75) is 0 Å². The van der Waals surface area contributed by atoms with E-state index in [1.54, 1.807) is 29.8 Å². The van der Waals surface area contributed by atoms with E-state index in [1.165, 1.54) is 11.3 Å². The zero-order chi connectivity index (χ0) is 14.9. The Labute approximate surface area is 138 Å². The van der Waals surface area contributed by atoms with Gasteiger partial charge in [0.05, 0.1) is 22.2 Å². The van der Waals surface area contributed by atoms with Gasteiger partial charge in [-0.1, -0.05) is 28.7 Å². The first-order valence-electron chi connectivity index (χ1n) is 6.41. The largest absolute Gasteiger partial charge is 0.497 e. The first-order valence-corrected chi connectivity index (χ1v) is 8.92. The fourth-order valence-corrected chi connectivity index (χ4v) is 4.44. The minimum Gasteiger partial charge on any atom is -0.497 e. The molecule has 4 aromatic rings. The van der Waals surface area contributed by atoms with Crippen LogP contribution >= 0.6 is 34.0 Å². The Kier molecular flexibility index (Phi) is 3.49. The molecule has 0 saturated heterocycles. The number of nitrogens with one attached hydrogen (secondary N) is 1. The fraction of sp³-hybridized carbons (Fsp3) is 0.0714. The third-order valence-corrected chi connectivity index (χ3v) is 5.78. The van der Waals surface area contributed by atoms with E-state index in [0.717, 1.165) is 36.1 Å². The number of benzene rings is 1. The molecule has 5 nitrogen and oxygen atoms in total. The molecule has 8 heteroatoms. The molecule has 4 rings (SSSR count). The van der Waals surface area contributed by atoms with Gasteiger partial charge < -0.3 is 10.1 Å². The predicted octanol–water partition coefficient (Wildman–Crippen LogP) is 4.63. The van der Waals surface area contributed by atoms with Crippen LogP contribution in [0.5, 0.6) is 5.75 Å². The number of ether oxygens (including phenoxy) is 1. The van der Waals surface area contributed by atoms with Crippen molar-refractivity contribution in [3.05, 3.63) is 35.7 Å². The summed E-state index contributed by atoms with van der Waals surface area (Å²) >= 11 is 4.75. The van der Waals surface area contributed by atoms with Crippen molar-refractivity contribution in [1.29, 1.82) is 0 Å². The molecule has 0 spiro atoms. The maximum absolute atomic E-state index is 5.23. The molecular formula is C14H10N4OS3. The maximum atomic E-state index is 5.23. The van der Waals surface area contributed by atoms with Gasteiger partial charge in [-0.25, -0.2) is 4.98 Å². The van der Waals surface area contributed by atoms with Gasteiger partial charge in [-0.15, -0.1) is 21.5 Å². The smallest absolute Gasteiger partial charge is 0.212 e. The summed E-state index contributed by atoms with van der Waals surface area (Å²) in [6.07, 6.45) is 0. The molecule has 22 heavy (non-hydrogen) atoms. The molecule has 0 radical (unpaired) electrons. The summed E-state index contributed by atoms with van der Waals surface area (Å²) in [4.78, 5) is 5.67. The molecule has 1 aromatic carbocycles. The number of nitrogens with zero attached hydrogens (tertiary/aromatic N) is 3. The minimum atomic E-state index is 0.745. The summed E-state index contributed by atoms with van der Waals surface area (Å²) in [6, 6.07) is 9.89. The van der Waals surface area contributed by atoms with Crippen LogP contribution in [0.1, 0.15) is 0 Å². The van der Waals surface area contributed by atoms with E-state index in [-0.39, 0.29) is 0 Å². The lowest BCUT2D eigenvalue weighted by molar-refractivity contribution is 0.415. The molecule has 0 bridgehead atoms.